The SMILES string of the molecule is CNC(C(=O)O)C1(c2ccc(OC)c(Br)c2)COC1. The van der Waals surface area contributed by atoms with Crippen LogP contribution in [0.2, 0.25) is 0 Å². The molecule has 1 aromatic rings. The molecule has 0 aromatic heterocycles. The Labute approximate surface area is 120 Å². The number of methoxy groups -OCH3 is 1. The minimum Gasteiger partial charge on any atom is -0.496 e. The van der Waals surface area contributed by atoms with E-state index in [4.69, 9.17) is 9.47 Å². The van der Waals surface area contributed by atoms with Gasteiger partial charge in [-0.2, -0.15) is 0 Å². The molecule has 5 nitrogen and oxygen atoms in total. The Morgan fingerprint density at radius 3 is 2.63 bits per heavy atom. The predicted octanol–water partition coefficient (Wildman–Crippen LogP) is 1.40. The van der Waals surface area contributed by atoms with Gasteiger partial charge in [-0.3, -0.25) is 4.79 Å². The zero-order valence-corrected chi connectivity index (χ0v) is 12.4. The van der Waals surface area contributed by atoms with Crippen LogP contribution < -0.4 is 10.1 Å². The van der Waals surface area contributed by atoms with Crippen molar-refractivity contribution in [1.29, 1.82) is 0 Å². The van der Waals surface area contributed by atoms with Gasteiger partial charge in [0.25, 0.3) is 0 Å². The summed E-state index contributed by atoms with van der Waals surface area (Å²) < 4.78 is 11.3. The Balaban J connectivity index is 2.41. The van der Waals surface area contributed by atoms with E-state index >= 15 is 0 Å². The number of likely N-dealkylation sites (N-methyl/N-ethyl adjacent to an activating group) is 1. The molecule has 0 bridgehead atoms. The molecule has 1 atom stereocenters. The molecule has 1 aliphatic rings. The van der Waals surface area contributed by atoms with Gasteiger partial charge in [-0.25, -0.2) is 0 Å². The molecule has 1 saturated heterocycles. The van der Waals surface area contributed by atoms with Gasteiger partial charge in [-0.15, -0.1) is 0 Å². The second-order valence-electron chi connectivity index (χ2n) is 4.56. The summed E-state index contributed by atoms with van der Waals surface area (Å²) in [6.07, 6.45) is 0. The first-order valence-corrected chi connectivity index (χ1v) is 6.66. The van der Waals surface area contributed by atoms with Crippen LogP contribution in [0.4, 0.5) is 0 Å². The van der Waals surface area contributed by atoms with Crippen LogP contribution in [-0.2, 0) is 14.9 Å². The molecule has 0 saturated carbocycles. The number of nitrogens with one attached hydrogen (secondary N) is 1. The molecule has 0 aliphatic carbocycles. The number of carboxylic acid groups (broad SMARTS) is 1. The molecular formula is C13H16BrNO4. The fourth-order valence-electron chi connectivity index (χ4n) is 2.43. The molecule has 0 amide bonds. The van der Waals surface area contributed by atoms with Crippen molar-refractivity contribution < 1.29 is 19.4 Å². The quantitative estimate of drug-likeness (QED) is 0.854. The lowest BCUT2D eigenvalue weighted by molar-refractivity contribution is -0.150. The third kappa shape index (κ3) is 2.35. The van der Waals surface area contributed by atoms with E-state index in [1.54, 1.807) is 14.2 Å². The summed E-state index contributed by atoms with van der Waals surface area (Å²) in [6.45, 7) is 0.785. The Morgan fingerprint density at radius 2 is 2.26 bits per heavy atom. The Kier molecular flexibility index (Phi) is 4.13. The van der Waals surface area contributed by atoms with E-state index in [9.17, 15) is 9.90 Å². The smallest absolute Gasteiger partial charge is 0.321 e. The summed E-state index contributed by atoms with van der Waals surface area (Å²) in [4.78, 5) is 11.4. The number of halogens is 1. The van der Waals surface area contributed by atoms with Gasteiger partial charge in [0.05, 0.1) is 30.2 Å². The number of ether oxygens (including phenoxy) is 2. The average molecular weight is 330 g/mol. The van der Waals surface area contributed by atoms with Gasteiger partial charge in [0, 0.05) is 0 Å². The second-order valence-corrected chi connectivity index (χ2v) is 5.41. The van der Waals surface area contributed by atoms with Crippen molar-refractivity contribution in [3.8, 4) is 5.75 Å². The number of benzene rings is 1. The molecule has 1 aliphatic heterocycles. The topological polar surface area (TPSA) is 67.8 Å². The molecule has 1 unspecified atom stereocenters. The number of carbonyl (C=O) groups is 1. The fraction of sp³-hybridized carbons (Fsp3) is 0.462. The minimum atomic E-state index is -0.877. The van der Waals surface area contributed by atoms with Gasteiger partial charge in [0.15, 0.2) is 0 Å². The molecule has 19 heavy (non-hydrogen) atoms. The maximum atomic E-state index is 11.4. The van der Waals surface area contributed by atoms with E-state index in [1.807, 2.05) is 18.2 Å². The highest BCUT2D eigenvalue weighted by atomic mass is 79.9. The van der Waals surface area contributed by atoms with E-state index in [0.29, 0.717) is 13.2 Å². The van der Waals surface area contributed by atoms with Gasteiger partial charge in [0.1, 0.15) is 11.8 Å². The van der Waals surface area contributed by atoms with Crippen LogP contribution in [-0.4, -0.2) is 44.5 Å². The van der Waals surface area contributed by atoms with E-state index in [-0.39, 0.29) is 0 Å². The monoisotopic (exact) mass is 329 g/mol. The molecule has 2 rings (SSSR count). The van der Waals surface area contributed by atoms with Crippen molar-refractivity contribution >= 4 is 21.9 Å². The first-order valence-electron chi connectivity index (χ1n) is 5.87. The summed E-state index contributed by atoms with van der Waals surface area (Å²) in [6, 6.07) is 4.93. The maximum Gasteiger partial charge on any atom is 0.321 e. The molecule has 6 heteroatoms. The summed E-state index contributed by atoms with van der Waals surface area (Å²) in [5.74, 6) is -0.159. The molecule has 1 fully saturated rings. The van der Waals surface area contributed by atoms with Crippen molar-refractivity contribution in [2.75, 3.05) is 27.4 Å². The Morgan fingerprint density at radius 1 is 1.58 bits per heavy atom. The predicted molar refractivity (Wildman–Crippen MR) is 73.7 cm³/mol. The highest BCUT2D eigenvalue weighted by Gasteiger charge is 2.50. The van der Waals surface area contributed by atoms with Crippen LogP contribution in [0, 0.1) is 0 Å². The molecule has 0 spiro atoms. The van der Waals surface area contributed by atoms with Crippen LogP contribution in [0.15, 0.2) is 22.7 Å². The lowest BCUT2D eigenvalue weighted by Gasteiger charge is -2.45. The number of carboxylic acids is 1. The zero-order valence-electron chi connectivity index (χ0n) is 10.8. The van der Waals surface area contributed by atoms with Crippen LogP contribution in [0.5, 0.6) is 5.75 Å². The van der Waals surface area contributed by atoms with E-state index in [0.717, 1.165) is 15.8 Å². The highest BCUT2D eigenvalue weighted by molar-refractivity contribution is 9.10. The molecule has 1 aromatic carbocycles. The lowest BCUT2D eigenvalue weighted by atomic mass is 9.72. The third-order valence-corrected chi connectivity index (χ3v) is 4.15. The fourth-order valence-corrected chi connectivity index (χ4v) is 2.97. The number of hydrogen-bond acceptors (Lipinski definition) is 4. The number of aliphatic carboxylic acids is 1. The van der Waals surface area contributed by atoms with Crippen molar-refractivity contribution in [3.05, 3.63) is 28.2 Å². The van der Waals surface area contributed by atoms with Crippen molar-refractivity contribution in [2.24, 2.45) is 0 Å². The van der Waals surface area contributed by atoms with E-state index < -0.39 is 17.4 Å². The van der Waals surface area contributed by atoms with Crippen molar-refractivity contribution in [3.63, 3.8) is 0 Å². The number of rotatable bonds is 5. The van der Waals surface area contributed by atoms with Crippen LogP contribution in [0.1, 0.15) is 5.56 Å². The van der Waals surface area contributed by atoms with Crippen LogP contribution in [0.25, 0.3) is 0 Å². The molecule has 0 radical (unpaired) electrons. The zero-order chi connectivity index (χ0) is 14.0. The highest BCUT2D eigenvalue weighted by Crippen LogP contribution is 2.39. The molecule has 1 heterocycles. The summed E-state index contributed by atoms with van der Waals surface area (Å²) in [5, 5.41) is 12.2. The van der Waals surface area contributed by atoms with Crippen molar-refractivity contribution in [2.45, 2.75) is 11.5 Å². The first kappa shape index (κ1) is 14.3. The van der Waals surface area contributed by atoms with Gasteiger partial charge < -0.3 is 19.9 Å². The number of hydrogen-bond donors (Lipinski definition) is 2. The van der Waals surface area contributed by atoms with Gasteiger partial charge in [0.2, 0.25) is 0 Å². The Bertz CT molecular complexity index is 488. The lowest BCUT2D eigenvalue weighted by Crippen LogP contribution is -2.62. The van der Waals surface area contributed by atoms with Crippen LogP contribution in [0.3, 0.4) is 0 Å². The van der Waals surface area contributed by atoms with Crippen molar-refractivity contribution in [1.82, 2.24) is 5.32 Å². The van der Waals surface area contributed by atoms with Gasteiger partial charge in [-0.05, 0) is 40.7 Å². The van der Waals surface area contributed by atoms with Gasteiger partial charge in [-0.1, -0.05) is 6.07 Å². The summed E-state index contributed by atoms with van der Waals surface area (Å²) in [5.41, 5.74) is 0.392. The maximum absolute atomic E-state index is 11.4. The minimum absolute atomic E-state index is 0.392. The standard InChI is InChI=1S/C13H16BrNO4/c1-15-11(12(16)17)13(6-19-7-13)8-3-4-10(18-2)9(14)5-8/h3-5,11,15H,6-7H2,1-2H3,(H,16,17). The van der Waals surface area contributed by atoms with E-state index in [2.05, 4.69) is 21.2 Å². The average Bonchev–Trinajstić information content (AvgIpc) is 2.32. The van der Waals surface area contributed by atoms with Gasteiger partial charge >= 0.3 is 5.97 Å². The summed E-state index contributed by atoms with van der Waals surface area (Å²) in [7, 11) is 3.24. The Hall–Kier alpha value is -1.11. The second kappa shape index (κ2) is 5.48. The van der Waals surface area contributed by atoms with Crippen LogP contribution >= 0.6 is 15.9 Å². The van der Waals surface area contributed by atoms with E-state index in [1.165, 1.54) is 0 Å². The third-order valence-electron chi connectivity index (χ3n) is 3.53. The normalized spacial score (nSPS) is 18.5. The molecule has 104 valence electrons. The summed E-state index contributed by atoms with van der Waals surface area (Å²) >= 11 is 3.43. The molecule has 2 N–H and O–H groups in total. The largest absolute Gasteiger partial charge is 0.496 e. The first-order chi connectivity index (χ1) is 9.05. The molecular weight excluding hydrogens is 314 g/mol.